The fourth-order valence-corrected chi connectivity index (χ4v) is 1.04. The second kappa shape index (κ2) is 9.15. The monoisotopic (exact) mass is 210 g/mol. The van der Waals surface area contributed by atoms with Crippen LogP contribution in [0.2, 0.25) is 0 Å². The lowest BCUT2D eigenvalue weighted by Gasteiger charge is -2.08. The zero-order chi connectivity index (χ0) is 11.5. The number of allylic oxidation sites excluding steroid dienone is 3. The molecule has 0 heterocycles. The minimum Gasteiger partial charge on any atom is -0.385 e. The van der Waals surface area contributed by atoms with Crippen LogP contribution in [0.15, 0.2) is 41.4 Å². The molecule has 0 atom stereocenters. The third-order valence-corrected chi connectivity index (χ3v) is 1.86. The topological polar surface area (TPSA) is 50.7 Å². The molecule has 0 unspecified atom stereocenters. The summed E-state index contributed by atoms with van der Waals surface area (Å²) in [5.74, 6) is 0. The number of methoxy groups -OCH3 is 1. The predicted molar refractivity (Wildman–Crippen MR) is 62.3 cm³/mol. The number of hydrogen-bond acceptors (Lipinski definition) is 4. The van der Waals surface area contributed by atoms with Crippen LogP contribution in [0.1, 0.15) is 13.3 Å². The molecule has 1 N–H and O–H groups in total. The fraction of sp³-hybridized carbons (Fsp3) is 0.455. The Morgan fingerprint density at radius 1 is 1.60 bits per heavy atom. The van der Waals surface area contributed by atoms with Gasteiger partial charge in [0.25, 0.3) is 0 Å². The Hall–Kier alpha value is -1.42. The van der Waals surface area contributed by atoms with Crippen LogP contribution in [0.4, 0.5) is 0 Å². The van der Waals surface area contributed by atoms with Crippen molar-refractivity contribution in [2.24, 2.45) is 5.18 Å². The molecule has 4 heteroatoms. The Labute approximate surface area is 90.7 Å². The van der Waals surface area contributed by atoms with Gasteiger partial charge in [-0.15, -0.1) is 4.91 Å². The maximum Gasteiger partial charge on any atom is 0.0718 e. The van der Waals surface area contributed by atoms with E-state index < -0.39 is 0 Å². The van der Waals surface area contributed by atoms with Gasteiger partial charge < -0.3 is 10.1 Å². The van der Waals surface area contributed by atoms with Gasteiger partial charge in [0.15, 0.2) is 0 Å². The van der Waals surface area contributed by atoms with Crippen LogP contribution in [0.5, 0.6) is 0 Å². The van der Waals surface area contributed by atoms with Crippen LogP contribution >= 0.6 is 0 Å². The van der Waals surface area contributed by atoms with Crippen LogP contribution in [0, 0.1) is 4.91 Å². The molecule has 0 aliphatic rings. The summed E-state index contributed by atoms with van der Waals surface area (Å²) < 4.78 is 4.93. The first-order valence-electron chi connectivity index (χ1n) is 4.81. The maximum atomic E-state index is 9.90. The second-order valence-corrected chi connectivity index (χ2v) is 3.00. The Morgan fingerprint density at radius 3 is 2.87 bits per heavy atom. The summed E-state index contributed by atoms with van der Waals surface area (Å²) in [7, 11) is 1.67. The fourth-order valence-electron chi connectivity index (χ4n) is 1.04. The molecule has 0 bridgehead atoms. The van der Waals surface area contributed by atoms with E-state index in [1.807, 2.05) is 6.92 Å². The molecule has 0 fully saturated rings. The molecule has 0 rings (SSSR count). The zero-order valence-electron chi connectivity index (χ0n) is 9.32. The van der Waals surface area contributed by atoms with E-state index in [0.29, 0.717) is 0 Å². The van der Waals surface area contributed by atoms with Gasteiger partial charge in [-0.05, 0) is 36.2 Å². The van der Waals surface area contributed by atoms with Crippen molar-refractivity contribution < 1.29 is 4.74 Å². The molecule has 0 aliphatic heterocycles. The molecule has 4 nitrogen and oxygen atoms in total. The van der Waals surface area contributed by atoms with Crippen LogP contribution < -0.4 is 5.32 Å². The van der Waals surface area contributed by atoms with Crippen LogP contribution in [-0.4, -0.2) is 20.3 Å². The third-order valence-electron chi connectivity index (χ3n) is 1.86. The van der Waals surface area contributed by atoms with Gasteiger partial charge in [0.2, 0.25) is 0 Å². The van der Waals surface area contributed by atoms with Gasteiger partial charge >= 0.3 is 0 Å². The van der Waals surface area contributed by atoms with Gasteiger partial charge in [-0.3, -0.25) is 0 Å². The molecular formula is C11H18N2O2. The van der Waals surface area contributed by atoms with E-state index >= 15 is 0 Å². The Balaban J connectivity index is 4.15. The average Bonchev–Trinajstić information content (AvgIpc) is 2.26. The van der Waals surface area contributed by atoms with Gasteiger partial charge in [0.05, 0.1) is 6.20 Å². The Morgan fingerprint density at radius 2 is 2.33 bits per heavy atom. The maximum absolute atomic E-state index is 9.90. The number of ether oxygens (including phenoxy) is 1. The van der Waals surface area contributed by atoms with E-state index in [-0.39, 0.29) is 0 Å². The van der Waals surface area contributed by atoms with Crippen LogP contribution in [0.3, 0.4) is 0 Å². The van der Waals surface area contributed by atoms with Crippen molar-refractivity contribution in [1.82, 2.24) is 5.32 Å². The molecule has 0 aromatic carbocycles. The molecule has 84 valence electrons. The highest BCUT2D eigenvalue weighted by molar-refractivity contribution is 5.29. The lowest BCUT2D eigenvalue weighted by molar-refractivity contribution is 0.195. The van der Waals surface area contributed by atoms with Crippen molar-refractivity contribution in [1.29, 1.82) is 0 Å². The number of nitrogens with one attached hydrogen (secondary N) is 1. The normalized spacial score (nSPS) is 12.4. The highest BCUT2D eigenvalue weighted by atomic mass is 16.5. The van der Waals surface area contributed by atoms with Crippen molar-refractivity contribution in [3.8, 4) is 0 Å². The van der Waals surface area contributed by atoms with Crippen LogP contribution in [-0.2, 0) is 4.74 Å². The molecule has 15 heavy (non-hydrogen) atoms. The zero-order valence-corrected chi connectivity index (χ0v) is 9.32. The smallest absolute Gasteiger partial charge is 0.0718 e. The highest BCUT2D eigenvalue weighted by Gasteiger charge is 1.94. The van der Waals surface area contributed by atoms with E-state index in [0.717, 1.165) is 30.8 Å². The summed E-state index contributed by atoms with van der Waals surface area (Å²) in [4.78, 5) is 9.90. The molecule has 0 aliphatic carbocycles. The largest absolute Gasteiger partial charge is 0.385 e. The third kappa shape index (κ3) is 6.62. The molecule has 0 saturated carbocycles. The Bertz CT molecular complexity index is 257. The molecule has 0 amide bonds. The number of nitrogens with zero attached hydrogens (tertiary/aromatic N) is 1. The summed E-state index contributed by atoms with van der Waals surface area (Å²) in [5.41, 5.74) is 1.84. The molecule has 0 aromatic rings. The minimum atomic E-state index is 0.724. The number of nitroso groups, excluding NO2 is 1. The van der Waals surface area contributed by atoms with Gasteiger partial charge in [-0.1, -0.05) is 6.58 Å². The number of rotatable bonds is 8. The summed E-state index contributed by atoms with van der Waals surface area (Å²) >= 11 is 0. The first-order chi connectivity index (χ1) is 7.26. The van der Waals surface area contributed by atoms with E-state index in [1.54, 1.807) is 19.3 Å². The van der Waals surface area contributed by atoms with Crippen molar-refractivity contribution in [2.45, 2.75) is 13.3 Å². The predicted octanol–water partition coefficient (Wildman–Crippen LogP) is 2.35. The quantitative estimate of drug-likeness (QED) is 0.380. The van der Waals surface area contributed by atoms with Crippen molar-refractivity contribution in [2.75, 3.05) is 20.3 Å². The molecule has 0 radical (unpaired) electrons. The minimum absolute atomic E-state index is 0.724. The van der Waals surface area contributed by atoms with E-state index in [4.69, 9.17) is 4.74 Å². The SMILES string of the molecule is C=C/C(NCCCOC)=C(C)\C=C/N=O. The lowest BCUT2D eigenvalue weighted by Crippen LogP contribution is -2.15. The molecule has 0 saturated heterocycles. The first kappa shape index (κ1) is 13.6. The summed E-state index contributed by atoms with van der Waals surface area (Å²) in [5, 5.41) is 5.85. The van der Waals surface area contributed by atoms with Gasteiger partial charge in [-0.2, -0.15) is 0 Å². The molecule has 0 spiro atoms. The van der Waals surface area contributed by atoms with E-state index in [9.17, 15) is 4.91 Å². The first-order valence-corrected chi connectivity index (χ1v) is 4.81. The highest BCUT2D eigenvalue weighted by Crippen LogP contribution is 2.03. The Kier molecular flexibility index (Phi) is 8.28. The lowest BCUT2D eigenvalue weighted by atomic mass is 10.2. The van der Waals surface area contributed by atoms with E-state index in [1.165, 1.54) is 6.20 Å². The van der Waals surface area contributed by atoms with Gasteiger partial charge in [0.1, 0.15) is 0 Å². The van der Waals surface area contributed by atoms with Crippen molar-refractivity contribution in [3.05, 3.63) is 41.1 Å². The standard InChI is InChI=1S/C11H18N2O2/c1-4-11(10(2)6-8-13-14)12-7-5-9-15-3/h4,6,8,12H,1,5,7,9H2,2-3H3/b8-6-,11-10+. The van der Waals surface area contributed by atoms with Crippen molar-refractivity contribution in [3.63, 3.8) is 0 Å². The van der Waals surface area contributed by atoms with Gasteiger partial charge in [0, 0.05) is 26.0 Å². The van der Waals surface area contributed by atoms with Crippen molar-refractivity contribution >= 4 is 0 Å². The van der Waals surface area contributed by atoms with Crippen LogP contribution in [0.25, 0.3) is 0 Å². The summed E-state index contributed by atoms with van der Waals surface area (Å²) in [6, 6.07) is 0. The molecular weight excluding hydrogens is 192 g/mol. The number of hydrogen-bond donors (Lipinski definition) is 1. The summed E-state index contributed by atoms with van der Waals surface area (Å²) in [6.45, 7) is 7.12. The second-order valence-electron chi connectivity index (χ2n) is 3.00. The average molecular weight is 210 g/mol. The summed E-state index contributed by atoms with van der Waals surface area (Å²) in [6.07, 6.45) is 5.51. The molecule has 0 aromatic heterocycles. The van der Waals surface area contributed by atoms with Gasteiger partial charge in [-0.25, -0.2) is 0 Å². The van der Waals surface area contributed by atoms with E-state index in [2.05, 4.69) is 17.1 Å².